The monoisotopic (exact) mass is 364 g/mol. The number of carbonyl (C=O) groups is 1. The number of carbonyl (C=O) groups excluding carboxylic acids is 1. The molecule has 0 bridgehead atoms. The van der Waals surface area contributed by atoms with Gasteiger partial charge < -0.3 is 9.16 Å². The number of Topliss-reactive ketones (excluding diaryl/α,β-unsaturated/α-hetero) is 1. The van der Waals surface area contributed by atoms with Crippen molar-refractivity contribution in [3.63, 3.8) is 0 Å². The Kier molecular flexibility index (Phi) is 4.66. The predicted octanol–water partition coefficient (Wildman–Crippen LogP) is 5.12. The molecule has 0 spiro atoms. The van der Waals surface area contributed by atoms with Crippen LogP contribution in [-0.4, -0.2) is 33.4 Å². The molecule has 1 saturated carbocycles. The van der Waals surface area contributed by atoms with Gasteiger partial charge in [0.15, 0.2) is 8.32 Å². The Morgan fingerprint density at radius 2 is 2.04 bits per heavy atom. The fraction of sp³-hybridized carbons (Fsp3) is 0.857. The van der Waals surface area contributed by atoms with Gasteiger partial charge in [-0.3, -0.25) is 4.79 Å². The molecule has 0 amide bonds. The third-order valence-electron chi connectivity index (χ3n) is 8.00. The van der Waals surface area contributed by atoms with Crippen LogP contribution in [0.25, 0.3) is 0 Å². The summed E-state index contributed by atoms with van der Waals surface area (Å²) in [6.07, 6.45) is 5.98. The summed E-state index contributed by atoms with van der Waals surface area (Å²) in [5.41, 5.74) is 1.36. The lowest BCUT2D eigenvalue weighted by molar-refractivity contribution is -0.189. The number of hydrogen-bond donors (Lipinski definition) is 0. The van der Waals surface area contributed by atoms with Gasteiger partial charge in [-0.25, -0.2) is 0 Å². The zero-order chi connectivity index (χ0) is 18.7. The zero-order valence-electron chi connectivity index (χ0n) is 17.2. The Morgan fingerprint density at radius 1 is 1.36 bits per heavy atom. The first-order valence-corrected chi connectivity index (χ1v) is 12.8. The summed E-state index contributed by atoms with van der Waals surface area (Å²) < 4.78 is 13.1. The van der Waals surface area contributed by atoms with E-state index in [1.807, 2.05) is 0 Å². The highest BCUT2D eigenvalue weighted by Gasteiger charge is 2.63. The first kappa shape index (κ1) is 19.3. The molecule has 1 heterocycles. The quantitative estimate of drug-likeness (QED) is 0.515. The first-order valence-electron chi connectivity index (χ1n) is 9.86. The van der Waals surface area contributed by atoms with Gasteiger partial charge in [0.25, 0.3) is 0 Å². The Balaban J connectivity index is 1.96. The molecular formula is C21H36O3Si. The van der Waals surface area contributed by atoms with Crippen LogP contribution in [0, 0.1) is 16.7 Å². The highest BCUT2D eigenvalue weighted by molar-refractivity contribution is 6.74. The van der Waals surface area contributed by atoms with Crippen molar-refractivity contribution in [2.75, 3.05) is 13.2 Å². The van der Waals surface area contributed by atoms with Gasteiger partial charge in [-0.1, -0.05) is 39.3 Å². The summed E-state index contributed by atoms with van der Waals surface area (Å²) in [6, 6.07) is 0. The molecule has 2 aliphatic carbocycles. The summed E-state index contributed by atoms with van der Waals surface area (Å²) in [7, 11) is -1.84. The molecule has 3 nitrogen and oxygen atoms in total. The summed E-state index contributed by atoms with van der Waals surface area (Å²) in [5.74, 6) is 0.765. The van der Waals surface area contributed by atoms with Crippen molar-refractivity contribution in [2.45, 2.75) is 84.5 Å². The van der Waals surface area contributed by atoms with E-state index < -0.39 is 8.32 Å². The van der Waals surface area contributed by atoms with E-state index >= 15 is 0 Å². The van der Waals surface area contributed by atoms with Crippen molar-refractivity contribution in [1.29, 1.82) is 0 Å². The van der Waals surface area contributed by atoms with Crippen LogP contribution in [0.15, 0.2) is 11.6 Å². The van der Waals surface area contributed by atoms with Crippen LogP contribution in [0.1, 0.15) is 60.3 Å². The van der Waals surface area contributed by atoms with Crippen LogP contribution in [0.2, 0.25) is 18.1 Å². The number of ether oxygens (including phenoxy) is 1. The van der Waals surface area contributed by atoms with Crippen molar-refractivity contribution < 1.29 is 14.0 Å². The van der Waals surface area contributed by atoms with Crippen molar-refractivity contribution >= 4 is 14.1 Å². The summed E-state index contributed by atoms with van der Waals surface area (Å²) in [4.78, 5) is 12.4. The molecule has 25 heavy (non-hydrogen) atoms. The molecule has 0 aromatic carbocycles. The van der Waals surface area contributed by atoms with Gasteiger partial charge >= 0.3 is 0 Å². The van der Waals surface area contributed by atoms with E-state index in [9.17, 15) is 4.79 Å². The number of fused-ring (bicyclic) bond motifs is 3. The molecule has 1 aliphatic heterocycles. The van der Waals surface area contributed by atoms with E-state index in [-0.39, 0.29) is 22.0 Å². The van der Waals surface area contributed by atoms with E-state index in [2.05, 4.69) is 53.8 Å². The molecule has 2 fully saturated rings. The van der Waals surface area contributed by atoms with Gasteiger partial charge in [-0.2, -0.15) is 0 Å². The number of ketones is 1. The molecule has 4 heteroatoms. The third kappa shape index (κ3) is 2.98. The minimum Gasteiger partial charge on any atom is -0.416 e. The second kappa shape index (κ2) is 6.03. The Hall–Kier alpha value is -0.453. The molecule has 3 aliphatic rings. The van der Waals surface area contributed by atoms with Crippen molar-refractivity contribution in [2.24, 2.45) is 16.7 Å². The highest BCUT2D eigenvalue weighted by Crippen LogP contribution is 2.62. The molecule has 0 N–H and O–H groups in total. The van der Waals surface area contributed by atoms with E-state index in [1.54, 1.807) is 0 Å². The SMILES string of the molecule is CC1=C[C@@H]2OC[C@H]3CC(=O)C[C@]3(C)[C@@]2(CO[Si](C)(C)C(C)(C)C)CC1. The van der Waals surface area contributed by atoms with Gasteiger partial charge in [0.1, 0.15) is 5.78 Å². The number of rotatable bonds is 3. The lowest BCUT2D eigenvalue weighted by Gasteiger charge is -2.59. The topological polar surface area (TPSA) is 35.5 Å². The fourth-order valence-electron chi connectivity index (χ4n) is 4.90. The lowest BCUT2D eigenvalue weighted by Crippen LogP contribution is -2.60. The van der Waals surface area contributed by atoms with Gasteiger partial charge in [-0.05, 0) is 49.2 Å². The van der Waals surface area contributed by atoms with E-state index in [0.717, 1.165) is 26.1 Å². The molecule has 142 valence electrons. The zero-order valence-corrected chi connectivity index (χ0v) is 18.2. The van der Waals surface area contributed by atoms with Crippen molar-refractivity contribution in [1.82, 2.24) is 0 Å². The van der Waals surface area contributed by atoms with Crippen LogP contribution >= 0.6 is 0 Å². The standard InChI is InChI=1S/C21H36O3Si/c1-15-8-9-21(14-24-25(6,7)19(2,3)4)18(10-15)23-13-16-11-17(22)12-20(16,21)5/h10,16,18H,8-9,11-14H2,1-7H3/t16-,18+,20+,21-/m1/s1. The first-order chi connectivity index (χ1) is 11.4. The van der Waals surface area contributed by atoms with E-state index in [0.29, 0.717) is 24.5 Å². The summed E-state index contributed by atoms with van der Waals surface area (Å²) in [5, 5.41) is 0.195. The smallest absolute Gasteiger partial charge is 0.192 e. The maximum absolute atomic E-state index is 12.4. The molecule has 4 atom stereocenters. The molecule has 0 aromatic rings. The van der Waals surface area contributed by atoms with Gasteiger partial charge in [0, 0.05) is 24.9 Å². The van der Waals surface area contributed by atoms with Crippen molar-refractivity contribution in [3.05, 3.63) is 11.6 Å². The second-order valence-electron chi connectivity index (χ2n) is 10.5. The molecule has 0 radical (unpaired) electrons. The average Bonchev–Trinajstić information content (AvgIpc) is 2.79. The Morgan fingerprint density at radius 3 is 2.68 bits per heavy atom. The number of hydrogen-bond acceptors (Lipinski definition) is 3. The second-order valence-corrected chi connectivity index (χ2v) is 15.3. The van der Waals surface area contributed by atoms with Crippen LogP contribution < -0.4 is 0 Å². The Labute approximate surface area is 154 Å². The summed E-state index contributed by atoms with van der Waals surface area (Å²) in [6.45, 7) is 17.5. The number of allylic oxidation sites excluding steroid dienone is 1. The van der Waals surface area contributed by atoms with Crippen LogP contribution in [0.3, 0.4) is 0 Å². The van der Waals surface area contributed by atoms with Crippen LogP contribution in [0.4, 0.5) is 0 Å². The Bertz CT molecular complexity index is 588. The molecule has 1 saturated heterocycles. The maximum atomic E-state index is 12.4. The molecule has 0 aromatic heterocycles. The lowest BCUT2D eigenvalue weighted by atomic mass is 9.52. The predicted molar refractivity (Wildman–Crippen MR) is 104 cm³/mol. The average molecular weight is 365 g/mol. The van der Waals surface area contributed by atoms with E-state index in [1.165, 1.54) is 5.57 Å². The maximum Gasteiger partial charge on any atom is 0.192 e. The van der Waals surface area contributed by atoms with E-state index in [4.69, 9.17) is 9.16 Å². The normalized spacial score (nSPS) is 39.0. The molecule has 3 rings (SSSR count). The van der Waals surface area contributed by atoms with Gasteiger partial charge in [0.05, 0.1) is 12.7 Å². The summed E-state index contributed by atoms with van der Waals surface area (Å²) >= 11 is 0. The third-order valence-corrected chi connectivity index (χ3v) is 12.5. The van der Waals surface area contributed by atoms with Crippen LogP contribution in [-0.2, 0) is 14.0 Å². The van der Waals surface area contributed by atoms with Crippen molar-refractivity contribution in [3.8, 4) is 0 Å². The molecule has 0 unspecified atom stereocenters. The highest BCUT2D eigenvalue weighted by atomic mass is 28.4. The fourth-order valence-corrected chi connectivity index (χ4v) is 5.95. The largest absolute Gasteiger partial charge is 0.416 e. The molecular weight excluding hydrogens is 328 g/mol. The van der Waals surface area contributed by atoms with Gasteiger partial charge in [0.2, 0.25) is 0 Å². The minimum absolute atomic E-state index is 0.00651. The minimum atomic E-state index is -1.84. The van der Waals surface area contributed by atoms with Crippen LogP contribution in [0.5, 0.6) is 0 Å². The van der Waals surface area contributed by atoms with Gasteiger partial charge in [-0.15, -0.1) is 0 Å².